The van der Waals surface area contributed by atoms with E-state index in [1.54, 1.807) is 30.5 Å². The van der Waals surface area contributed by atoms with Crippen LogP contribution in [0.15, 0.2) is 89.6 Å². The highest BCUT2D eigenvalue weighted by atomic mass is 32.2. The number of carbonyl (C=O) groups is 2. The molecule has 1 aliphatic heterocycles. The number of ether oxygens (including phenoxy) is 2. The van der Waals surface area contributed by atoms with Crippen molar-refractivity contribution in [2.45, 2.75) is 57.2 Å². The Morgan fingerprint density at radius 1 is 1.00 bits per heavy atom. The predicted octanol–water partition coefficient (Wildman–Crippen LogP) is 7.03. The lowest BCUT2D eigenvalue weighted by molar-refractivity contribution is -0.137. The molecule has 1 aromatic heterocycles. The summed E-state index contributed by atoms with van der Waals surface area (Å²) in [6, 6.07) is 21.4. The molecule has 1 unspecified atom stereocenters. The van der Waals surface area contributed by atoms with Gasteiger partial charge in [0.15, 0.2) is 0 Å². The Balaban J connectivity index is 1.27. The number of aliphatic carboxylic acids is 1. The zero-order valence-electron chi connectivity index (χ0n) is 29.0. The van der Waals surface area contributed by atoms with Gasteiger partial charge in [0.25, 0.3) is 5.91 Å². The molecule has 0 bridgehead atoms. The highest BCUT2D eigenvalue weighted by Crippen LogP contribution is 2.34. The van der Waals surface area contributed by atoms with Crippen molar-refractivity contribution in [3.63, 3.8) is 0 Å². The summed E-state index contributed by atoms with van der Waals surface area (Å²) in [5.74, 6) is 0.585. The third-order valence-electron chi connectivity index (χ3n) is 8.30. The Morgan fingerprint density at radius 2 is 1.76 bits per heavy atom. The van der Waals surface area contributed by atoms with Gasteiger partial charge >= 0.3 is 5.97 Å². The van der Waals surface area contributed by atoms with Crippen LogP contribution in [0.2, 0.25) is 0 Å². The lowest BCUT2D eigenvalue weighted by atomic mass is 10.00. The van der Waals surface area contributed by atoms with Crippen molar-refractivity contribution in [3.05, 3.63) is 96.1 Å². The smallest absolute Gasteiger partial charge is 0.323 e. The molecule has 0 radical (unpaired) electrons. The normalized spacial score (nSPS) is 13.4. The van der Waals surface area contributed by atoms with E-state index in [2.05, 4.69) is 66.3 Å². The summed E-state index contributed by atoms with van der Waals surface area (Å²) in [6.07, 6.45) is 7.80. The highest BCUT2D eigenvalue weighted by Gasteiger charge is 2.21. The van der Waals surface area contributed by atoms with E-state index < -0.39 is 16.8 Å². The molecule has 0 aliphatic carbocycles. The summed E-state index contributed by atoms with van der Waals surface area (Å²) >= 11 is 0. The number of carboxylic acid groups (broad SMARTS) is 1. The van der Waals surface area contributed by atoms with Crippen LogP contribution >= 0.6 is 0 Å². The van der Waals surface area contributed by atoms with Crippen molar-refractivity contribution >= 4 is 40.1 Å². The van der Waals surface area contributed by atoms with E-state index in [0.717, 1.165) is 54.1 Å². The fourth-order valence-electron chi connectivity index (χ4n) is 5.77. The van der Waals surface area contributed by atoms with Gasteiger partial charge in [0, 0.05) is 53.9 Å². The number of fused-ring (bicyclic) bond motifs is 1. The van der Waals surface area contributed by atoms with Crippen molar-refractivity contribution in [2.75, 3.05) is 43.1 Å². The molecule has 2 N–H and O–H groups in total. The Hall–Kier alpha value is -4.74. The second-order valence-electron chi connectivity index (χ2n) is 12.7. The minimum atomic E-state index is -1.44. The van der Waals surface area contributed by atoms with E-state index >= 15 is 0 Å². The molecule has 0 saturated carbocycles. The number of unbranched alkanes of at least 4 members (excludes halogenated alkanes) is 1. The molecule has 4 aromatic rings. The summed E-state index contributed by atoms with van der Waals surface area (Å²) in [5, 5.41) is 12.1. The van der Waals surface area contributed by atoms with Gasteiger partial charge in [0.05, 0.1) is 23.2 Å². The second-order valence-corrected chi connectivity index (χ2v) is 14.2. The fraction of sp³-hybridized carbons (Fsp3) is 0.359. The van der Waals surface area contributed by atoms with Crippen molar-refractivity contribution in [3.8, 4) is 16.9 Å². The molecule has 0 spiro atoms. The van der Waals surface area contributed by atoms with Gasteiger partial charge < -0.3 is 29.4 Å². The molecule has 1 atom stereocenters. The second kappa shape index (κ2) is 17.8. The first-order valence-electron chi connectivity index (χ1n) is 17.1. The van der Waals surface area contributed by atoms with Gasteiger partial charge in [-0.1, -0.05) is 45.4 Å². The van der Waals surface area contributed by atoms with Gasteiger partial charge in [-0.15, -0.1) is 0 Å². The number of benzene rings is 3. The van der Waals surface area contributed by atoms with E-state index in [4.69, 9.17) is 14.6 Å². The minimum absolute atomic E-state index is 0.0830. The van der Waals surface area contributed by atoms with Crippen LogP contribution in [0.4, 0.5) is 11.4 Å². The predicted molar refractivity (Wildman–Crippen MR) is 198 cm³/mol. The van der Waals surface area contributed by atoms with E-state index in [0.29, 0.717) is 54.1 Å². The summed E-state index contributed by atoms with van der Waals surface area (Å²) in [4.78, 5) is 31.8. The monoisotopic (exact) mass is 698 g/mol. The first kappa shape index (κ1) is 36.5. The lowest BCUT2D eigenvalue weighted by Gasteiger charge is -2.27. The minimum Gasteiger partial charge on any atom is -0.491 e. The molecule has 50 heavy (non-hydrogen) atoms. The summed E-state index contributed by atoms with van der Waals surface area (Å²) < 4.78 is 25.9. The topological polar surface area (TPSA) is 123 Å². The number of hydrogen-bond acceptors (Lipinski definition) is 7. The van der Waals surface area contributed by atoms with Gasteiger partial charge in [0.2, 0.25) is 0 Å². The van der Waals surface area contributed by atoms with E-state index in [9.17, 15) is 13.8 Å². The average Bonchev–Trinajstić information content (AvgIpc) is 3.44. The average molecular weight is 699 g/mol. The Morgan fingerprint density at radius 3 is 2.48 bits per heavy atom. The zero-order valence-corrected chi connectivity index (χ0v) is 29.8. The maximum absolute atomic E-state index is 13.6. The van der Waals surface area contributed by atoms with Crippen LogP contribution in [-0.4, -0.2) is 63.7 Å². The van der Waals surface area contributed by atoms with E-state index in [1.165, 1.54) is 10.8 Å². The Labute approximate surface area is 296 Å². The van der Waals surface area contributed by atoms with Crippen LogP contribution in [0.3, 0.4) is 0 Å². The molecule has 2 heterocycles. The van der Waals surface area contributed by atoms with Gasteiger partial charge in [-0.2, -0.15) is 0 Å². The first-order chi connectivity index (χ1) is 24.2. The zero-order chi connectivity index (χ0) is 35.5. The lowest BCUT2D eigenvalue weighted by Crippen LogP contribution is -2.29. The molecular weight excluding hydrogens is 653 g/mol. The molecule has 1 aliphatic rings. The van der Waals surface area contributed by atoms with Gasteiger partial charge in [-0.25, -0.2) is 4.98 Å². The standard InChI is InChI=1S/C39H46N4O6S/c1-4-5-20-48-21-22-49-34-11-6-29(7-12-34)30-8-15-36-32(23-30)24-31(16-18-42(36)25-28(2)3)39(46)41-33-9-13-35(14-10-33)50(47)27-37-40-17-19-43(37)26-38(44)45/h6-15,17,19,23-24,28H,4-5,16,18,20-22,25-27H2,1-3H3,(H,41,46)(H,44,45). The number of amides is 1. The summed E-state index contributed by atoms with van der Waals surface area (Å²) in [7, 11) is -1.44. The number of imidazole rings is 1. The molecule has 0 saturated heterocycles. The quantitative estimate of drug-likeness (QED) is 0.113. The summed E-state index contributed by atoms with van der Waals surface area (Å²) in [6.45, 7) is 9.72. The van der Waals surface area contributed by atoms with Crippen LogP contribution in [0.25, 0.3) is 17.2 Å². The first-order valence-corrected chi connectivity index (χ1v) is 18.4. The van der Waals surface area contributed by atoms with Crippen molar-refractivity contribution in [1.29, 1.82) is 0 Å². The maximum Gasteiger partial charge on any atom is 0.323 e. The van der Waals surface area contributed by atoms with E-state index in [-0.39, 0.29) is 18.2 Å². The number of nitrogens with zero attached hydrogens (tertiary/aromatic N) is 3. The van der Waals surface area contributed by atoms with Crippen LogP contribution in [0, 0.1) is 5.92 Å². The van der Waals surface area contributed by atoms with Crippen LogP contribution in [-0.2, 0) is 37.4 Å². The number of carboxylic acids is 1. The number of aromatic nitrogens is 2. The number of rotatable bonds is 17. The van der Waals surface area contributed by atoms with E-state index in [1.807, 2.05) is 18.2 Å². The third-order valence-corrected chi connectivity index (χ3v) is 9.61. The van der Waals surface area contributed by atoms with Crippen molar-refractivity contribution in [2.24, 2.45) is 5.92 Å². The number of carbonyl (C=O) groups excluding carboxylic acids is 1. The number of hydrogen-bond donors (Lipinski definition) is 2. The SMILES string of the molecule is CCCCOCCOc1ccc(-c2ccc3c(c2)C=C(C(=O)Nc2ccc(S(=O)Cc4nccn4CC(=O)O)cc2)CCN3CC(C)C)cc1. The molecule has 10 nitrogen and oxygen atoms in total. The molecule has 11 heteroatoms. The molecule has 5 rings (SSSR count). The molecule has 3 aromatic carbocycles. The molecule has 1 amide bonds. The highest BCUT2D eigenvalue weighted by molar-refractivity contribution is 7.84. The largest absolute Gasteiger partial charge is 0.491 e. The van der Waals surface area contributed by atoms with Crippen molar-refractivity contribution < 1.29 is 28.4 Å². The van der Waals surface area contributed by atoms with Gasteiger partial charge in [0.1, 0.15) is 24.7 Å². The van der Waals surface area contributed by atoms with Crippen molar-refractivity contribution in [1.82, 2.24) is 9.55 Å². The van der Waals surface area contributed by atoms with Crippen LogP contribution < -0.4 is 15.0 Å². The molecular formula is C39H46N4O6S. The van der Waals surface area contributed by atoms with Gasteiger partial charge in [-0.3, -0.25) is 13.8 Å². The van der Waals surface area contributed by atoms with Crippen LogP contribution in [0.5, 0.6) is 5.75 Å². The summed E-state index contributed by atoms with van der Waals surface area (Å²) in [5.41, 5.74) is 5.47. The molecule has 264 valence electrons. The number of nitrogens with one attached hydrogen (secondary N) is 1. The van der Waals surface area contributed by atoms with Crippen LogP contribution in [0.1, 0.15) is 51.4 Å². The number of anilines is 2. The Kier molecular flexibility index (Phi) is 13.0. The maximum atomic E-state index is 13.6. The Bertz CT molecular complexity index is 1800. The van der Waals surface area contributed by atoms with Gasteiger partial charge in [-0.05, 0) is 90.1 Å². The molecule has 0 fully saturated rings. The fourth-order valence-corrected chi connectivity index (χ4v) is 6.85. The third kappa shape index (κ3) is 10.1.